The van der Waals surface area contributed by atoms with Crippen LogP contribution in [-0.2, 0) is 21.3 Å². The number of sulfonamides is 1. The Labute approximate surface area is 181 Å². The molecule has 0 saturated carbocycles. The summed E-state index contributed by atoms with van der Waals surface area (Å²) in [4.78, 5) is 13.6. The lowest BCUT2D eigenvalue weighted by molar-refractivity contribution is 0.0998. The summed E-state index contributed by atoms with van der Waals surface area (Å²) < 4.78 is 34.1. The van der Waals surface area contributed by atoms with Crippen LogP contribution < -0.4 is 0 Å². The van der Waals surface area contributed by atoms with Crippen molar-refractivity contribution in [2.45, 2.75) is 11.4 Å². The van der Waals surface area contributed by atoms with E-state index in [9.17, 15) is 18.3 Å². The van der Waals surface area contributed by atoms with Crippen molar-refractivity contribution in [3.8, 4) is 0 Å². The highest BCUT2D eigenvalue weighted by Crippen LogP contribution is 2.39. The Kier molecular flexibility index (Phi) is 5.88. The number of rotatable bonds is 7. The van der Waals surface area contributed by atoms with Crippen LogP contribution in [0.15, 0.2) is 95.5 Å². The molecule has 31 heavy (non-hydrogen) atoms. The van der Waals surface area contributed by atoms with Crippen LogP contribution in [0.2, 0.25) is 0 Å². The van der Waals surface area contributed by atoms with Crippen LogP contribution in [0.5, 0.6) is 0 Å². The van der Waals surface area contributed by atoms with Crippen molar-refractivity contribution in [3.63, 3.8) is 0 Å². The normalized spacial score (nSPS) is 14.8. The molecule has 0 atom stereocenters. The van der Waals surface area contributed by atoms with Crippen LogP contribution in [0, 0.1) is 0 Å². The first kappa shape index (κ1) is 20.8. The van der Waals surface area contributed by atoms with Gasteiger partial charge in [0.25, 0.3) is 10.0 Å². The zero-order chi connectivity index (χ0) is 21.8. The Morgan fingerprint density at radius 1 is 0.871 bits per heavy atom. The maximum atomic E-state index is 13.6. The van der Waals surface area contributed by atoms with Crippen molar-refractivity contribution in [1.29, 1.82) is 0 Å². The van der Waals surface area contributed by atoms with Crippen molar-refractivity contribution in [2.75, 3.05) is 13.2 Å². The molecule has 0 saturated heterocycles. The average molecular weight is 436 g/mol. The second-order valence-electron chi connectivity index (χ2n) is 6.94. The number of fused-ring (bicyclic) bond motifs is 1. The van der Waals surface area contributed by atoms with E-state index in [1.54, 1.807) is 60.7 Å². The van der Waals surface area contributed by atoms with Crippen LogP contribution in [0.25, 0.3) is 5.76 Å². The van der Waals surface area contributed by atoms with Gasteiger partial charge in [-0.2, -0.15) is 0 Å². The Bertz CT molecular complexity index is 1220. The van der Waals surface area contributed by atoms with Gasteiger partial charge in [0.15, 0.2) is 5.76 Å². The number of carbonyl (C=O) groups is 1. The Hall–Kier alpha value is -3.42. The number of Topliss-reactive ketones (excluding diaryl/α,β-unsaturated/α-hetero) is 1. The lowest BCUT2D eigenvalue weighted by Gasteiger charge is -2.33. The van der Waals surface area contributed by atoms with E-state index >= 15 is 0 Å². The van der Waals surface area contributed by atoms with E-state index < -0.39 is 15.8 Å². The molecule has 0 fully saturated rings. The molecule has 0 spiro atoms. The largest absolute Gasteiger partial charge is 0.488 e. The summed E-state index contributed by atoms with van der Waals surface area (Å²) >= 11 is 0. The van der Waals surface area contributed by atoms with Crippen LogP contribution in [0.4, 0.5) is 0 Å². The summed E-state index contributed by atoms with van der Waals surface area (Å²) in [5.41, 5.74) is 1.31. The SMILES string of the molecule is O=C(C1=C(OCCO)c2ccccc2S(=O)(=O)N1Cc1ccccc1)c1ccccc1. The number of carbonyl (C=O) groups excluding carboxylic acids is 1. The van der Waals surface area contributed by atoms with Crippen molar-refractivity contribution in [1.82, 2.24) is 4.31 Å². The third-order valence-corrected chi connectivity index (χ3v) is 6.73. The molecule has 0 amide bonds. The first-order chi connectivity index (χ1) is 15.0. The highest BCUT2D eigenvalue weighted by atomic mass is 32.2. The summed E-state index contributed by atoms with van der Waals surface area (Å²) in [5.74, 6) is -0.327. The molecule has 0 bridgehead atoms. The molecular formula is C24H21NO5S. The molecule has 0 aliphatic carbocycles. The van der Waals surface area contributed by atoms with Crippen molar-refractivity contribution >= 4 is 21.6 Å². The number of allylic oxidation sites excluding steroid dienone is 1. The first-order valence-corrected chi connectivity index (χ1v) is 11.2. The van der Waals surface area contributed by atoms with Crippen molar-refractivity contribution in [2.24, 2.45) is 0 Å². The van der Waals surface area contributed by atoms with Gasteiger partial charge >= 0.3 is 0 Å². The second-order valence-corrected chi connectivity index (χ2v) is 8.77. The highest BCUT2D eigenvalue weighted by molar-refractivity contribution is 7.89. The van der Waals surface area contributed by atoms with E-state index in [1.165, 1.54) is 6.07 Å². The highest BCUT2D eigenvalue weighted by Gasteiger charge is 2.41. The standard InChI is InChI=1S/C24H21NO5S/c26-15-16-30-24-20-13-7-8-14-21(20)31(28,29)25(17-18-9-3-1-4-10-18)22(24)23(27)19-11-5-2-6-12-19/h1-14,26H,15-17H2. The summed E-state index contributed by atoms with van der Waals surface area (Å²) in [6, 6.07) is 24.0. The fraction of sp³-hybridized carbons (Fsp3) is 0.125. The molecule has 158 valence electrons. The molecule has 0 unspecified atom stereocenters. The second kappa shape index (κ2) is 8.75. The van der Waals surface area contributed by atoms with Gasteiger partial charge in [0, 0.05) is 11.1 Å². The number of benzene rings is 3. The molecule has 3 aromatic rings. The summed E-state index contributed by atoms with van der Waals surface area (Å²) in [7, 11) is -4.03. The van der Waals surface area contributed by atoms with Crippen LogP contribution in [-0.4, -0.2) is 36.8 Å². The molecule has 1 N–H and O–H groups in total. The van der Waals surface area contributed by atoms with E-state index in [0.717, 1.165) is 9.87 Å². The maximum Gasteiger partial charge on any atom is 0.265 e. The number of aliphatic hydroxyl groups is 1. The van der Waals surface area contributed by atoms with Gasteiger partial charge in [-0.1, -0.05) is 72.8 Å². The number of ether oxygens (including phenoxy) is 1. The van der Waals surface area contributed by atoms with Gasteiger partial charge in [-0.15, -0.1) is 0 Å². The predicted octanol–water partition coefficient (Wildman–Crippen LogP) is 3.45. The Balaban J connectivity index is 1.97. The van der Waals surface area contributed by atoms with Gasteiger partial charge < -0.3 is 9.84 Å². The molecule has 1 aliphatic heterocycles. The van der Waals surface area contributed by atoms with Crippen molar-refractivity contribution < 1.29 is 23.1 Å². The number of ketones is 1. The Morgan fingerprint density at radius 3 is 2.16 bits per heavy atom. The number of hydrogen-bond donors (Lipinski definition) is 1. The van der Waals surface area contributed by atoms with Gasteiger partial charge in [-0.05, 0) is 17.7 Å². The van der Waals surface area contributed by atoms with Gasteiger partial charge in [-0.25, -0.2) is 8.42 Å². The third-order valence-electron chi connectivity index (χ3n) is 4.92. The molecule has 1 heterocycles. The minimum absolute atomic E-state index is 0.0304. The molecule has 4 rings (SSSR count). The average Bonchev–Trinajstić information content (AvgIpc) is 2.81. The molecule has 6 nitrogen and oxygen atoms in total. The topological polar surface area (TPSA) is 83.9 Å². The maximum absolute atomic E-state index is 13.6. The lowest BCUT2D eigenvalue weighted by atomic mass is 10.0. The molecule has 7 heteroatoms. The molecular weight excluding hydrogens is 414 g/mol. The van der Waals surface area contributed by atoms with Crippen LogP contribution in [0.3, 0.4) is 0 Å². The predicted molar refractivity (Wildman–Crippen MR) is 116 cm³/mol. The Morgan fingerprint density at radius 2 is 1.48 bits per heavy atom. The monoisotopic (exact) mass is 435 g/mol. The zero-order valence-electron chi connectivity index (χ0n) is 16.6. The molecule has 0 radical (unpaired) electrons. The van der Waals surface area contributed by atoms with Crippen LogP contribution in [0.1, 0.15) is 21.5 Å². The zero-order valence-corrected chi connectivity index (χ0v) is 17.5. The lowest BCUT2D eigenvalue weighted by Crippen LogP contribution is -2.38. The minimum atomic E-state index is -4.03. The number of aliphatic hydroxyl groups excluding tert-OH is 1. The van der Waals surface area contributed by atoms with Crippen molar-refractivity contribution in [3.05, 3.63) is 107 Å². The third kappa shape index (κ3) is 3.97. The van der Waals surface area contributed by atoms with E-state index in [0.29, 0.717) is 11.1 Å². The van der Waals surface area contributed by atoms with Gasteiger partial charge in [0.2, 0.25) is 5.78 Å². The first-order valence-electron chi connectivity index (χ1n) is 9.78. The quantitative estimate of drug-likeness (QED) is 0.575. The smallest absolute Gasteiger partial charge is 0.265 e. The van der Waals surface area contributed by atoms with Gasteiger partial charge in [-0.3, -0.25) is 9.10 Å². The molecule has 1 aliphatic rings. The van der Waals surface area contributed by atoms with E-state index in [-0.39, 0.29) is 36.1 Å². The van der Waals surface area contributed by atoms with Gasteiger partial charge in [0.1, 0.15) is 12.3 Å². The molecule has 3 aromatic carbocycles. The van der Waals surface area contributed by atoms with E-state index in [1.807, 2.05) is 18.2 Å². The van der Waals surface area contributed by atoms with E-state index in [2.05, 4.69) is 0 Å². The minimum Gasteiger partial charge on any atom is -0.488 e. The van der Waals surface area contributed by atoms with Crippen LogP contribution >= 0.6 is 0 Å². The van der Waals surface area contributed by atoms with Gasteiger partial charge in [0.05, 0.1) is 18.0 Å². The summed E-state index contributed by atoms with van der Waals surface area (Å²) in [6.45, 7) is -0.379. The molecule has 0 aromatic heterocycles. The fourth-order valence-corrected chi connectivity index (χ4v) is 5.16. The number of nitrogens with zero attached hydrogens (tertiary/aromatic N) is 1. The fourth-order valence-electron chi connectivity index (χ4n) is 3.51. The number of hydrogen-bond acceptors (Lipinski definition) is 5. The summed E-state index contributed by atoms with van der Waals surface area (Å²) in [6.07, 6.45) is 0. The van der Waals surface area contributed by atoms with E-state index in [4.69, 9.17) is 4.74 Å². The summed E-state index contributed by atoms with van der Waals surface area (Å²) in [5, 5.41) is 9.33.